The molecule has 25 heavy (non-hydrogen) atoms. The molecule has 1 aliphatic rings. The van der Waals surface area contributed by atoms with E-state index in [0.717, 1.165) is 32.5 Å². The van der Waals surface area contributed by atoms with Crippen molar-refractivity contribution in [3.05, 3.63) is 68.8 Å². The Hall–Kier alpha value is -2.31. The minimum Gasteiger partial charge on any atom is -0.361 e. The minimum absolute atomic E-state index is 0.160. The molecule has 0 spiro atoms. The first-order valence-electron chi connectivity index (χ1n) is 7.69. The lowest BCUT2D eigenvalue weighted by molar-refractivity contribution is 0.0935. The van der Waals surface area contributed by atoms with Crippen molar-refractivity contribution < 1.29 is 4.79 Å². The van der Waals surface area contributed by atoms with E-state index in [2.05, 4.69) is 36.8 Å². The number of aryl methyl sites for hydroxylation is 1. The summed E-state index contributed by atoms with van der Waals surface area (Å²) in [5, 5.41) is 14.1. The van der Waals surface area contributed by atoms with Crippen LogP contribution in [0.4, 0.5) is 5.69 Å². The van der Waals surface area contributed by atoms with Gasteiger partial charge in [-0.15, -0.1) is 0 Å². The standard InChI is InChI=1S/C18H14BrClN4O/c1-9-6-12(20)7-13-15(9)22-17(23-18(13)25)14-8-21-24-16(14)10-2-4-11(19)5-3-10/h2-8,17,22H,1H3,(H,21,24)(H,23,25). The first-order valence-corrected chi connectivity index (χ1v) is 8.87. The van der Waals surface area contributed by atoms with Gasteiger partial charge in [-0.2, -0.15) is 5.10 Å². The smallest absolute Gasteiger partial charge is 0.255 e. The van der Waals surface area contributed by atoms with Crippen molar-refractivity contribution in [2.75, 3.05) is 5.32 Å². The molecule has 4 rings (SSSR count). The predicted molar refractivity (Wildman–Crippen MR) is 102 cm³/mol. The zero-order valence-corrected chi connectivity index (χ0v) is 15.6. The van der Waals surface area contributed by atoms with Crippen molar-refractivity contribution in [3.63, 3.8) is 0 Å². The summed E-state index contributed by atoms with van der Waals surface area (Å²) in [5.41, 5.74) is 4.99. The third-order valence-corrected chi connectivity index (χ3v) is 4.97. The Labute approximate surface area is 157 Å². The number of nitrogens with zero attached hydrogens (tertiary/aromatic N) is 1. The number of fused-ring (bicyclic) bond motifs is 1. The van der Waals surface area contributed by atoms with Gasteiger partial charge in [0.05, 0.1) is 23.1 Å². The summed E-state index contributed by atoms with van der Waals surface area (Å²) in [5.74, 6) is -0.160. The van der Waals surface area contributed by atoms with Gasteiger partial charge in [-0.05, 0) is 36.8 Å². The van der Waals surface area contributed by atoms with Crippen molar-refractivity contribution in [3.8, 4) is 11.3 Å². The maximum absolute atomic E-state index is 12.5. The first-order chi connectivity index (χ1) is 12.0. The number of aromatic amines is 1. The molecular weight excluding hydrogens is 404 g/mol. The van der Waals surface area contributed by atoms with Crippen molar-refractivity contribution in [1.82, 2.24) is 15.5 Å². The number of carbonyl (C=O) groups excluding carboxylic acids is 1. The predicted octanol–water partition coefficient (Wildman–Crippen LogP) is 4.66. The molecular formula is C18H14BrClN4O. The van der Waals surface area contributed by atoms with Crippen molar-refractivity contribution in [2.45, 2.75) is 13.1 Å². The number of hydrogen-bond acceptors (Lipinski definition) is 3. The summed E-state index contributed by atoms with van der Waals surface area (Å²) in [7, 11) is 0. The SMILES string of the molecule is Cc1cc(Cl)cc2c1NC(c1cn[nH]c1-c1ccc(Br)cc1)NC2=O. The zero-order valence-electron chi connectivity index (χ0n) is 13.2. The third-order valence-electron chi connectivity index (χ3n) is 4.22. The summed E-state index contributed by atoms with van der Waals surface area (Å²) in [6, 6.07) is 11.4. The third kappa shape index (κ3) is 2.92. The molecule has 1 unspecified atom stereocenters. The molecule has 2 heterocycles. The molecule has 5 nitrogen and oxygen atoms in total. The Morgan fingerprint density at radius 1 is 1.16 bits per heavy atom. The van der Waals surface area contributed by atoms with Gasteiger partial charge in [-0.3, -0.25) is 9.89 Å². The number of nitrogens with one attached hydrogen (secondary N) is 3. The maximum Gasteiger partial charge on any atom is 0.255 e. The van der Waals surface area contributed by atoms with E-state index < -0.39 is 0 Å². The van der Waals surface area contributed by atoms with E-state index in [4.69, 9.17) is 11.6 Å². The average Bonchev–Trinajstić information content (AvgIpc) is 3.06. The highest BCUT2D eigenvalue weighted by Gasteiger charge is 2.28. The summed E-state index contributed by atoms with van der Waals surface area (Å²) in [6.45, 7) is 1.93. The van der Waals surface area contributed by atoms with Crippen LogP contribution >= 0.6 is 27.5 Å². The molecule has 0 saturated carbocycles. The molecule has 1 amide bonds. The van der Waals surface area contributed by atoms with Crippen LogP contribution in [0.2, 0.25) is 5.02 Å². The molecule has 7 heteroatoms. The normalized spacial score (nSPS) is 16.1. The fourth-order valence-corrected chi connectivity index (χ4v) is 3.56. The topological polar surface area (TPSA) is 69.8 Å². The molecule has 1 aromatic heterocycles. The van der Waals surface area contributed by atoms with E-state index in [1.807, 2.05) is 37.3 Å². The van der Waals surface area contributed by atoms with Crippen LogP contribution in [0.25, 0.3) is 11.3 Å². The monoisotopic (exact) mass is 416 g/mol. The average molecular weight is 418 g/mol. The highest BCUT2D eigenvalue weighted by Crippen LogP contribution is 2.34. The lowest BCUT2D eigenvalue weighted by Gasteiger charge is -2.29. The summed E-state index contributed by atoms with van der Waals surface area (Å²) in [4.78, 5) is 12.5. The molecule has 0 bridgehead atoms. The number of aromatic nitrogens is 2. The Morgan fingerprint density at radius 3 is 2.68 bits per heavy atom. The molecule has 0 saturated heterocycles. The van der Waals surface area contributed by atoms with Crippen LogP contribution in [-0.4, -0.2) is 16.1 Å². The van der Waals surface area contributed by atoms with Gasteiger partial charge in [0.1, 0.15) is 6.17 Å². The quantitative estimate of drug-likeness (QED) is 0.568. The highest BCUT2D eigenvalue weighted by molar-refractivity contribution is 9.10. The largest absolute Gasteiger partial charge is 0.361 e. The van der Waals surface area contributed by atoms with Crippen LogP contribution in [0, 0.1) is 6.92 Å². The Bertz CT molecular complexity index is 968. The van der Waals surface area contributed by atoms with Crippen LogP contribution in [0.1, 0.15) is 27.7 Å². The van der Waals surface area contributed by atoms with Crippen LogP contribution in [0.5, 0.6) is 0 Å². The Kier molecular flexibility index (Phi) is 4.01. The fraction of sp³-hybridized carbons (Fsp3) is 0.111. The minimum atomic E-state index is -0.378. The summed E-state index contributed by atoms with van der Waals surface area (Å²) in [6.07, 6.45) is 1.35. The van der Waals surface area contributed by atoms with E-state index >= 15 is 0 Å². The molecule has 2 aromatic carbocycles. The van der Waals surface area contributed by atoms with E-state index in [1.54, 1.807) is 12.3 Å². The molecule has 3 aromatic rings. The number of H-pyrrole nitrogens is 1. The second-order valence-electron chi connectivity index (χ2n) is 5.90. The van der Waals surface area contributed by atoms with Gasteiger partial charge in [0, 0.05) is 20.6 Å². The second kappa shape index (κ2) is 6.20. The van der Waals surface area contributed by atoms with Gasteiger partial charge in [-0.25, -0.2) is 0 Å². The Morgan fingerprint density at radius 2 is 1.92 bits per heavy atom. The number of halogens is 2. The van der Waals surface area contributed by atoms with Crippen molar-refractivity contribution >= 4 is 39.1 Å². The van der Waals surface area contributed by atoms with E-state index in [9.17, 15) is 4.79 Å². The van der Waals surface area contributed by atoms with Crippen LogP contribution in [-0.2, 0) is 0 Å². The molecule has 126 valence electrons. The number of amides is 1. The second-order valence-corrected chi connectivity index (χ2v) is 7.26. The maximum atomic E-state index is 12.5. The number of benzene rings is 2. The summed E-state index contributed by atoms with van der Waals surface area (Å²) >= 11 is 9.51. The molecule has 1 aliphatic heterocycles. The number of carbonyl (C=O) groups is 1. The lowest BCUT2D eigenvalue weighted by Crippen LogP contribution is -2.38. The molecule has 1 atom stereocenters. The molecule has 0 fully saturated rings. The molecule has 0 radical (unpaired) electrons. The van der Waals surface area contributed by atoms with Gasteiger partial charge in [0.25, 0.3) is 5.91 Å². The fourth-order valence-electron chi connectivity index (χ4n) is 3.02. The van der Waals surface area contributed by atoms with E-state index in [1.165, 1.54) is 0 Å². The van der Waals surface area contributed by atoms with Gasteiger partial charge in [-0.1, -0.05) is 39.7 Å². The van der Waals surface area contributed by atoms with Crippen LogP contribution < -0.4 is 10.6 Å². The zero-order chi connectivity index (χ0) is 17.6. The molecule has 3 N–H and O–H groups in total. The van der Waals surface area contributed by atoms with Crippen LogP contribution in [0.3, 0.4) is 0 Å². The van der Waals surface area contributed by atoms with Gasteiger partial charge >= 0.3 is 0 Å². The number of rotatable bonds is 2. The highest BCUT2D eigenvalue weighted by atomic mass is 79.9. The van der Waals surface area contributed by atoms with Gasteiger partial charge < -0.3 is 10.6 Å². The first kappa shape index (κ1) is 16.2. The van der Waals surface area contributed by atoms with Crippen molar-refractivity contribution in [1.29, 1.82) is 0 Å². The molecule has 0 aliphatic carbocycles. The van der Waals surface area contributed by atoms with E-state index in [0.29, 0.717) is 10.6 Å². The Balaban J connectivity index is 1.74. The van der Waals surface area contributed by atoms with Gasteiger partial charge in [0.2, 0.25) is 0 Å². The van der Waals surface area contributed by atoms with Crippen molar-refractivity contribution in [2.24, 2.45) is 0 Å². The van der Waals surface area contributed by atoms with Crippen LogP contribution in [0.15, 0.2) is 47.1 Å². The van der Waals surface area contributed by atoms with E-state index in [-0.39, 0.29) is 12.1 Å². The number of anilines is 1. The number of hydrogen-bond donors (Lipinski definition) is 3. The summed E-state index contributed by atoms with van der Waals surface area (Å²) < 4.78 is 1.00. The lowest BCUT2D eigenvalue weighted by atomic mass is 10.0. The van der Waals surface area contributed by atoms with Gasteiger partial charge in [0.15, 0.2) is 0 Å².